The first-order valence-electron chi connectivity index (χ1n) is 8.14. The third-order valence-electron chi connectivity index (χ3n) is 3.78. The molecule has 0 radical (unpaired) electrons. The minimum absolute atomic E-state index is 0. The highest BCUT2D eigenvalue weighted by Crippen LogP contribution is 2.23. The number of esters is 1. The fourth-order valence-corrected chi connectivity index (χ4v) is 3.76. The molecule has 0 aromatic rings. The average molecular weight is 475 g/mol. The molecule has 1 heterocycles. The normalized spacial score (nSPS) is 19.3. The van der Waals surface area contributed by atoms with Crippen LogP contribution in [0.3, 0.4) is 0 Å². The van der Waals surface area contributed by atoms with Gasteiger partial charge >= 0.3 is 5.97 Å². The SMILES string of the molecule is CCNC(=NCCCC(=O)OCC)N1CCS(=O)(=O)C(C)(C)C1.I. The van der Waals surface area contributed by atoms with E-state index in [1.54, 1.807) is 20.8 Å². The number of nitrogens with zero attached hydrogens (tertiary/aromatic N) is 2. The number of aliphatic imine (C=N–C) groups is 1. The van der Waals surface area contributed by atoms with Gasteiger partial charge in [0.05, 0.1) is 17.1 Å². The van der Waals surface area contributed by atoms with Crippen LogP contribution in [0.4, 0.5) is 0 Å². The Balaban J connectivity index is 0.00000529. The van der Waals surface area contributed by atoms with Crippen molar-refractivity contribution >= 4 is 45.7 Å². The maximum Gasteiger partial charge on any atom is 0.305 e. The number of rotatable bonds is 6. The molecule has 0 aromatic heterocycles. The fraction of sp³-hybridized carbons (Fsp3) is 0.867. The maximum absolute atomic E-state index is 12.1. The second kappa shape index (κ2) is 10.4. The Kier molecular flexibility index (Phi) is 10.2. The quantitative estimate of drug-likeness (QED) is 0.206. The zero-order valence-electron chi connectivity index (χ0n) is 15.0. The standard InChI is InChI=1S/C15H29N3O4S.HI/c1-5-16-14(17-9-7-8-13(19)22-6-2)18-10-11-23(20,21)15(3,4)12-18;/h5-12H2,1-4H3,(H,16,17);1H. The van der Waals surface area contributed by atoms with E-state index >= 15 is 0 Å². The van der Waals surface area contributed by atoms with E-state index in [1.807, 2.05) is 11.8 Å². The fourth-order valence-electron chi connectivity index (χ4n) is 2.39. The first-order valence-corrected chi connectivity index (χ1v) is 9.80. The van der Waals surface area contributed by atoms with Crippen molar-refractivity contribution in [3.63, 3.8) is 0 Å². The Hall–Kier alpha value is -0.580. The Morgan fingerprint density at radius 2 is 2.00 bits per heavy atom. The van der Waals surface area contributed by atoms with Crippen LogP contribution in [-0.4, -0.2) is 68.5 Å². The number of sulfone groups is 1. The second-order valence-corrected chi connectivity index (χ2v) is 8.89. The lowest BCUT2D eigenvalue weighted by molar-refractivity contribution is -0.143. The van der Waals surface area contributed by atoms with Gasteiger partial charge in [0, 0.05) is 32.6 Å². The van der Waals surface area contributed by atoms with Crippen LogP contribution in [-0.2, 0) is 19.4 Å². The van der Waals surface area contributed by atoms with Gasteiger partial charge in [-0.15, -0.1) is 24.0 Å². The number of guanidine groups is 1. The van der Waals surface area contributed by atoms with Crippen LogP contribution >= 0.6 is 24.0 Å². The van der Waals surface area contributed by atoms with Gasteiger partial charge in [-0.3, -0.25) is 9.79 Å². The van der Waals surface area contributed by atoms with Crippen LogP contribution in [0.25, 0.3) is 0 Å². The Bertz CT molecular complexity index is 535. The molecule has 9 heteroatoms. The van der Waals surface area contributed by atoms with Gasteiger partial charge in [0.25, 0.3) is 0 Å². The van der Waals surface area contributed by atoms with Crippen LogP contribution in [0.5, 0.6) is 0 Å². The minimum Gasteiger partial charge on any atom is -0.466 e. The van der Waals surface area contributed by atoms with E-state index in [-0.39, 0.29) is 35.7 Å². The molecule has 1 aliphatic heterocycles. The average Bonchev–Trinajstić information content (AvgIpc) is 2.45. The summed E-state index contributed by atoms with van der Waals surface area (Å²) in [5, 5.41) is 3.20. The third kappa shape index (κ3) is 6.73. The predicted molar refractivity (Wildman–Crippen MR) is 107 cm³/mol. The summed E-state index contributed by atoms with van der Waals surface area (Å²) in [4.78, 5) is 17.8. The van der Waals surface area contributed by atoms with E-state index in [9.17, 15) is 13.2 Å². The topological polar surface area (TPSA) is 88.1 Å². The van der Waals surface area contributed by atoms with Gasteiger partial charge in [-0.2, -0.15) is 0 Å². The molecule has 7 nitrogen and oxygen atoms in total. The highest BCUT2D eigenvalue weighted by Gasteiger charge is 2.40. The van der Waals surface area contributed by atoms with Crippen molar-refractivity contribution in [1.82, 2.24) is 10.2 Å². The molecule has 1 rings (SSSR count). The number of nitrogens with one attached hydrogen (secondary N) is 1. The number of hydrogen-bond donors (Lipinski definition) is 1. The molecule has 1 fully saturated rings. The minimum atomic E-state index is -3.07. The maximum atomic E-state index is 12.1. The van der Waals surface area contributed by atoms with Crippen molar-refractivity contribution in [1.29, 1.82) is 0 Å². The van der Waals surface area contributed by atoms with E-state index < -0.39 is 14.6 Å². The van der Waals surface area contributed by atoms with E-state index in [4.69, 9.17) is 4.74 Å². The molecule has 0 atom stereocenters. The Labute approximate surface area is 162 Å². The molecule has 1 saturated heterocycles. The summed E-state index contributed by atoms with van der Waals surface area (Å²) < 4.78 is 28.3. The summed E-state index contributed by atoms with van der Waals surface area (Å²) in [7, 11) is -3.07. The summed E-state index contributed by atoms with van der Waals surface area (Å²) >= 11 is 0. The van der Waals surface area contributed by atoms with Crippen molar-refractivity contribution in [3.8, 4) is 0 Å². The van der Waals surface area contributed by atoms with Gasteiger partial charge in [-0.05, 0) is 34.1 Å². The van der Waals surface area contributed by atoms with E-state index in [0.717, 1.165) is 0 Å². The van der Waals surface area contributed by atoms with Gasteiger partial charge in [0.15, 0.2) is 15.8 Å². The Morgan fingerprint density at radius 1 is 1.33 bits per heavy atom. The molecule has 0 bridgehead atoms. The van der Waals surface area contributed by atoms with E-state index in [2.05, 4.69) is 10.3 Å². The van der Waals surface area contributed by atoms with Crippen LogP contribution in [0.15, 0.2) is 4.99 Å². The van der Waals surface area contributed by atoms with E-state index in [1.165, 1.54) is 0 Å². The van der Waals surface area contributed by atoms with Crippen molar-refractivity contribution in [2.75, 3.05) is 38.5 Å². The molecule has 0 unspecified atom stereocenters. The molecule has 142 valence electrons. The third-order valence-corrected chi connectivity index (χ3v) is 6.32. The molecular formula is C15H30IN3O4S. The molecule has 0 aromatic carbocycles. The summed E-state index contributed by atoms with van der Waals surface area (Å²) in [6, 6.07) is 0. The van der Waals surface area contributed by atoms with Crippen molar-refractivity contribution in [2.24, 2.45) is 4.99 Å². The molecule has 24 heavy (non-hydrogen) atoms. The summed E-state index contributed by atoms with van der Waals surface area (Å²) in [6.45, 7) is 9.71. The summed E-state index contributed by atoms with van der Waals surface area (Å²) in [5.41, 5.74) is 0. The van der Waals surface area contributed by atoms with Crippen LogP contribution < -0.4 is 5.32 Å². The molecule has 0 spiro atoms. The van der Waals surface area contributed by atoms with Crippen molar-refractivity contribution in [3.05, 3.63) is 0 Å². The zero-order chi connectivity index (χ0) is 17.5. The Morgan fingerprint density at radius 3 is 2.54 bits per heavy atom. The lowest BCUT2D eigenvalue weighted by Gasteiger charge is -2.39. The number of carbonyl (C=O) groups is 1. The lowest BCUT2D eigenvalue weighted by Crippen LogP contribution is -2.57. The highest BCUT2D eigenvalue weighted by molar-refractivity contribution is 14.0. The summed E-state index contributed by atoms with van der Waals surface area (Å²) in [6.07, 6.45) is 0.958. The van der Waals surface area contributed by atoms with Crippen LogP contribution in [0.1, 0.15) is 40.5 Å². The second-order valence-electron chi connectivity index (χ2n) is 6.14. The monoisotopic (exact) mass is 475 g/mol. The number of halogens is 1. The van der Waals surface area contributed by atoms with Gasteiger partial charge in [0.1, 0.15) is 0 Å². The molecule has 1 N–H and O–H groups in total. The molecular weight excluding hydrogens is 445 g/mol. The largest absolute Gasteiger partial charge is 0.466 e. The van der Waals surface area contributed by atoms with Gasteiger partial charge in [0.2, 0.25) is 0 Å². The molecule has 0 aliphatic carbocycles. The van der Waals surface area contributed by atoms with E-state index in [0.29, 0.717) is 51.6 Å². The zero-order valence-corrected chi connectivity index (χ0v) is 18.1. The number of carbonyl (C=O) groups excluding carboxylic acids is 1. The predicted octanol–water partition coefficient (Wildman–Crippen LogP) is 1.42. The highest BCUT2D eigenvalue weighted by atomic mass is 127. The first-order chi connectivity index (χ1) is 10.7. The molecule has 1 aliphatic rings. The number of ether oxygens (including phenoxy) is 1. The first kappa shape index (κ1) is 23.4. The number of hydrogen-bond acceptors (Lipinski definition) is 5. The van der Waals surface area contributed by atoms with Gasteiger partial charge in [-0.25, -0.2) is 8.42 Å². The summed E-state index contributed by atoms with van der Waals surface area (Å²) in [5.74, 6) is 0.630. The van der Waals surface area contributed by atoms with Crippen molar-refractivity contribution in [2.45, 2.75) is 45.3 Å². The van der Waals surface area contributed by atoms with Crippen LogP contribution in [0.2, 0.25) is 0 Å². The lowest BCUT2D eigenvalue weighted by atomic mass is 10.2. The van der Waals surface area contributed by atoms with Crippen LogP contribution in [0, 0.1) is 0 Å². The molecule has 0 amide bonds. The smallest absolute Gasteiger partial charge is 0.305 e. The van der Waals surface area contributed by atoms with Crippen molar-refractivity contribution < 1.29 is 17.9 Å². The molecule has 0 saturated carbocycles. The van der Waals surface area contributed by atoms with Gasteiger partial charge < -0.3 is 15.0 Å². The van der Waals surface area contributed by atoms with Gasteiger partial charge in [-0.1, -0.05) is 0 Å².